The number of unbranched alkanes of at least 4 members (excludes halogenated alkanes) is 28. The average molecular weight is 731 g/mol. The number of thiol groups is 1. The van der Waals surface area contributed by atoms with Gasteiger partial charge in [0.25, 0.3) is 11.9 Å². The molecule has 0 saturated heterocycles. The summed E-state index contributed by atoms with van der Waals surface area (Å²) in [4.78, 5) is 30.3. The molecule has 0 aromatic carbocycles. The van der Waals surface area contributed by atoms with Crippen LogP contribution >= 0.6 is 12.6 Å². The lowest BCUT2D eigenvalue weighted by Crippen LogP contribution is -2.56. The molecule has 6 nitrogen and oxygen atoms in total. The number of hydrogen-bond acceptors (Lipinski definition) is 7. The van der Waals surface area contributed by atoms with E-state index in [1.165, 1.54) is 161 Å². The lowest BCUT2D eigenvalue weighted by Gasteiger charge is -2.30. The molecule has 0 rings (SSSR count). The van der Waals surface area contributed by atoms with Crippen LogP contribution in [0.3, 0.4) is 0 Å². The van der Waals surface area contributed by atoms with Gasteiger partial charge in [-0.3, -0.25) is 9.59 Å². The van der Waals surface area contributed by atoms with Crippen LogP contribution in [0.5, 0.6) is 0 Å². The van der Waals surface area contributed by atoms with Crippen molar-refractivity contribution in [3.8, 4) is 0 Å². The van der Waals surface area contributed by atoms with Crippen molar-refractivity contribution in [3.05, 3.63) is 0 Å². The van der Waals surface area contributed by atoms with E-state index in [9.17, 15) is 9.59 Å². The molecule has 0 N–H and O–H groups in total. The summed E-state index contributed by atoms with van der Waals surface area (Å²) in [6.45, 7) is 6.56. The van der Waals surface area contributed by atoms with Crippen LogP contribution in [0.4, 0.5) is 0 Å². The van der Waals surface area contributed by atoms with E-state index in [0.717, 1.165) is 44.9 Å². The Balaban J connectivity index is 4.20. The highest BCUT2D eigenvalue weighted by Gasteiger charge is 2.56. The van der Waals surface area contributed by atoms with Gasteiger partial charge in [0.2, 0.25) is 0 Å². The number of rotatable bonds is 39. The Hall–Kier alpha value is -0.573. The van der Waals surface area contributed by atoms with Crippen molar-refractivity contribution < 1.29 is 27.9 Å². The fourth-order valence-corrected chi connectivity index (χ4v) is 9.42. The Morgan fingerprint density at radius 1 is 0.449 bits per heavy atom. The van der Waals surface area contributed by atoms with Crippen molar-refractivity contribution in [2.45, 2.75) is 244 Å². The molecule has 0 radical (unpaired) electrons. The largest absolute Gasteiger partial charge is 0.677 e. The predicted molar refractivity (Wildman–Crippen MR) is 213 cm³/mol. The summed E-state index contributed by atoms with van der Waals surface area (Å²) in [6, 6.07) is 0. The Labute approximate surface area is 311 Å². The lowest BCUT2D eigenvalue weighted by atomic mass is 10.0. The fourth-order valence-electron chi connectivity index (χ4n) is 6.51. The van der Waals surface area contributed by atoms with Gasteiger partial charge in [-0.2, -0.15) is 17.2 Å². The quantitative estimate of drug-likeness (QED) is 0.0223. The summed E-state index contributed by atoms with van der Waals surface area (Å²) in [6.07, 6.45) is 40.1. The third kappa shape index (κ3) is 30.7. The molecule has 49 heavy (non-hydrogen) atoms. The standard InChI is InChI=1S/C41H82O6SSi/c1-5-8-10-12-14-16-18-20-22-24-26-28-30-32-34-37-39(42)45-49(47-44-4,41(48)36-7-3)46-40(43)38-35-33-31-29-27-25-23-21-19-17-15-13-11-9-6-2/h41,48H,5-38H2,1-4H3. The molecule has 0 aromatic rings. The van der Waals surface area contributed by atoms with Crippen LogP contribution in [0.15, 0.2) is 0 Å². The molecule has 0 aromatic heterocycles. The van der Waals surface area contributed by atoms with Crippen LogP contribution in [0.25, 0.3) is 0 Å². The molecule has 0 aliphatic rings. The molecule has 1 unspecified atom stereocenters. The van der Waals surface area contributed by atoms with Gasteiger partial charge in [0, 0.05) is 12.8 Å². The molecule has 0 aliphatic carbocycles. The summed E-state index contributed by atoms with van der Waals surface area (Å²) in [5.74, 6) is -0.790. The van der Waals surface area contributed by atoms with Gasteiger partial charge in [0.05, 0.1) is 12.0 Å². The molecule has 0 spiro atoms. The second-order valence-corrected chi connectivity index (χ2v) is 18.1. The van der Waals surface area contributed by atoms with E-state index in [0.29, 0.717) is 6.42 Å². The van der Waals surface area contributed by atoms with E-state index in [-0.39, 0.29) is 12.8 Å². The Morgan fingerprint density at radius 3 is 0.959 bits per heavy atom. The third-order valence-electron chi connectivity index (χ3n) is 9.65. The minimum Gasteiger partial charge on any atom is -0.462 e. The minimum atomic E-state index is -3.82. The molecule has 1 atom stereocenters. The van der Waals surface area contributed by atoms with Crippen molar-refractivity contribution in [3.63, 3.8) is 0 Å². The van der Waals surface area contributed by atoms with Gasteiger partial charge in [-0.15, -0.1) is 0 Å². The maximum absolute atomic E-state index is 12.9. The first kappa shape index (κ1) is 48.4. The Bertz CT molecular complexity index is 676. The molecular weight excluding hydrogens is 649 g/mol. The molecule has 0 fully saturated rings. The van der Waals surface area contributed by atoms with E-state index in [4.69, 9.17) is 18.3 Å². The topological polar surface area (TPSA) is 71.1 Å². The summed E-state index contributed by atoms with van der Waals surface area (Å²) in [5.41, 5.74) is 0. The highest BCUT2D eigenvalue weighted by molar-refractivity contribution is 7.83. The van der Waals surface area contributed by atoms with Crippen LogP contribution in [0.2, 0.25) is 0 Å². The molecule has 0 amide bonds. The zero-order valence-corrected chi connectivity index (χ0v) is 34.9. The first-order valence-electron chi connectivity index (χ1n) is 21.3. The first-order chi connectivity index (χ1) is 24.0. The molecule has 0 saturated carbocycles. The Morgan fingerprint density at radius 2 is 0.714 bits per heavy atom. The summed E-state index contributed by atoms with van der Waals surface area (Å²) in [5, 5.41) is 0. The molecule has 8 heteroatoms. The molecule has 0 aliphatic heterocycles. The summed E-state index contributed by atoms with van der Waals surface area (Å²) >= 11 is 4.68. The lowest BCUT2D eigenvalue weighted by molar-refractivity contribution is -0.228. The van der Waals surface area contributed by atoms with Gasteiger partial charge >= 0.3 is 8.80 Å². The summed E-state index contributed by atoms with van der Waals surface area (Å²) < 4.78 is 17.2. The predicted octanol–water partition coefficient (Wildman–Crippen LogP) is 13.8. The highest BCUT2D eigenvalue weighted by Crippen LogP contribution is 2.26. The fraction of sp³-hybridized carbons (Fsp3) is 0.951. The van der Waals surface area contributed by atoms with E-state index in [1.807, 2.05) is 6.92 Å². The van der Waals surface area contributed by atoms with Crippen LogP contribution in [-0.2, 0) is 27.9 Å². The van der Waals surface area contributed by atoms with Gasteiger partial charge in [-0.25, -0.2) is 4.89 Å². The van der Waals surface area contributed by atoms with Crippen molar-refractivity contribution in [2.75, 3.05) is 7.11 Å². The van der Waals surface area contributed by atoms with Crippen LogP contribution in [0.1, 0.15) is 239 Å². The first-order valence-corrected chi connectivity index (χ1v) is 23.6. The zero-order valence-electron chi connectivity index (χ0n) is 33.0. The second-order valence-electron chi connectivity index (χ2n) is 14.5. The van der Waals surface area contributed by atoms with Gasteiger partial charge in [-0.1, -0.05) is 207 Å². The zero-order chi connectivity index (χ0) is 36.1. The molecule has 292 valence electrons. The summed E-state index contributed by atoms with van der Waals surface area (Å²) in [7, 11) is -2.46. The van der Waals surface area contributed by atoms with E-state index < -0.39 is 25.6 Å². The number of hydrogen-bond donors (Lipinski definition) is 1. The highest BCUT2D eigenvalue weighted by atomic mass is 32.1. The van der Waals surface area contributed by atoms with Crippen LogP contribution in [0, 0.1) is 0 Å². The molecule has 0 bridgehead atoms. The normalized spacial score (nSPS) is 12.3. The third-order valence-corrected chi connectivity index (χ3v) is 13.4. The number of carbonyl (C=O) groups is 2. The van der Waals surface area contributed by atoms with Crippen LogP contribution in [-0.4, -0.2) is 32.7 Å². The van der Waals surface area contributed by atoms with E-state index in [2.05, 4.69) is 26.5 Å². The van der Waals surface area contributed by atoms with E-state index in [1.54, 1.807) is 0 Å². The van der Waals surface area contributed by atoms with Crippen molar-refractivity contribution in [2.24, 2.45) is 0 Å². The van der Waals surface area contributed by atoms with Gasteiger partial charge in [0.1, 0.15) is 0 Å². The molecular formula is C41H82O6SSi. The Kier molecular flexibility index (Phi) is 36.8. The number of carbonyl (C=O) groups excluding carboxylic acids is 2. The van der Waals surface area contributed by atoms with Crippen molar-refractivity contribution in [1.82, 2.24) is 0 Å². The smallest absolute Gasteiger partial charge is 0.462 e. The second kappa shape index (κ2) is 37.2. The van der Waals surface area contributed by atoms with Crippen molar-refractivity contribution >= 4 is 33.4 Å². The SMILES string of the molecule is CCCCCCCCCCCCCCCCCC(=O)O[Si](OOC)(OC(=O)CCCCCCCCCCCCCCCCC)C(S)CCC. The van der Waals surface area contributed by atoms with E-state index >= 15 is 0 Å². The monoisotopic (exact) mass is 731 g/mol. The average Bonchev–Trinajstić information content (AvgIpc) is 3.08. The van der Waals surface area contributed by atoms with Crippen LogP contribution < -0.4 is 0 Å². The van der Waals surface area contributed by atoms with Gasteiger partial charge in [-0.05, 0) is 19.3 Å². The van der Waals surface area contributed by atoms with Gasteiger partial charge < -0.3 is 8.85 Å². The minimum absolute atomic E-state index is 0.281. The van der Waals surface area contributed by atoms with Crippen molar-refractivity contribution in [1.29, 1.82) is 0 Å². The maximum Gasteiger partial charge on any atom is 0.677 e. The molecule has 0 heterocycles. The van der Waals surface area contributed by atoms with Gasteiger partial charge in [0.15, 0.2) is 0 Å². The maximum atomic E-state index is 12.9.